The minimum Gasteiger partial charge on any atom is -0.338 e. The second-order valence-corrected chi connectivity index (χ2v) is 8.36. The van der Waals surface area contributed by atoms with Crippen LogP contribution in [-0.4, -0.2) is 47.0 Å². The SMILES string of the molecule is O=C(c1ccccc1CSc1nc2ccccc2[nH]1)N1C[C@H]2CNC[C@H]2C1. The van der Waals surface area contributed by atoms with Gasteiger partial charge in [0.2, 0.25) is 0 Å². The summed E-state index contributed by atoms with van der Waals surface area (Å²) in [6.45, 7) is 3.83. The van der Waals surface area contributed by atoms with E-state index in [0.717, 1.165) is 59.2 Å². The Balaban J connectivity index is 1.32. The van der Waals surface area contributed by atoms with Gasteiger partial charge in [-0.25, -0.2) is 4.98 Å². The number of fused-ring (bicyclic) bond motifs is 2. The Kier molecular flexibility index (Phi) is 4.38. The zero-order valence-corrected chi connectivity index (χ0v) is 15.8. The largest absolute Gasteiger partial charge is 0.338 e. The third kappa shape index (κ3) is 3.24. The first-order chi connectivity index (χ1) is 13.3. The third-order valence-corrected chi connectivity index (χ3v) is 6.58. The molecular weight excluding hydrogens is 356 g/mol. The summed E-state index contributed by atoms with van der Waals surface area (Å²) in [6, 6.07) is 16.0. The molecule has 3 heterocycles. The van der Waals surface area contributed by atoms with Gasteiger partial charge >= 0.3 is 0 Å². The lowest BCUT2D eigenvalue weighted by molar-refractivity contribution is 0.0781. The third-order valence-electron chi connectivity index (χ3n) is 5.66. The fraction of sp³-hybridized carbons (Fsp3) is 0.333. The van der Waals surface area contributed by atoms with Crippen LogP contribution >= 0.6 is 11.8 Å². The van der Waals surface area contributed by atoms with Gasteiger partial charge in [-0.15, -0.1) is 0 Å². The summed E-state index contributed by atoms with van der Waals surface area (Å²) in [5.41, 5.74) is 3.92. The number of likely N-dealkylation sites (tertiary alicyclic amines) is 1. The molecule has 138 valence electrons. The molecule has 27 heavy (non-hydrogen) atoms. The van der Waals surface area contributed by atoms with Crippen molar-refractivity contribution >= 4 is 28.7 Å². The Morgan fingerprint density at radius 1 is 1.07 bits per heavy atom. The number of rotatable bonds is 4. The molecule has 6 heteroatoms. The standard InChI is InChI=1S/C21H22N4OS/c26-20(25-11-15-9-22-10-16(15)12-25)17-6-2-1-5-14(17)13-27-21-23-18-7-3-4-8-19(18)24-21/h1-8,15-16,22H,9-13H2,(H,23,24)/t15-,16+. The fourth-order valence-electron chi connectivity index (χ4n) is 4.19. The average Bonchev–Trinajstić information content (AvgIpc) is 3.39. The summed E-state index contributed by atoms with van der Waals surface area (Å²) < 4.78 is 0. The van der Waals surface area contributed by atoms with Crippen molar-refractivity contribution in [3.8, 4) is 0 Å². The molecule has 5 rings (SSSR count). The maximum Gasteiger partial charge on any atom is 0.254 e. The van der Waals surface area contributed by atoms with E-state index in [1.807, 2.05) is 47.4 Å². The molecule has 2 aromatic carbocycles. The molecule has 5 nitrogen and oxygen atoms in total. The van der Waals surface area contributed by atoms with Crippen LogP contribution in [0.4, 0.5) is 0 Å². The number of aromatic amines is 1. The Hall–Kier alpha value is -2.31. The summed E-state index contributed by atoms with van der Waals surface area (Å²) in [7, 11) is 0. The summed E-state index contributed by atoms with van der Waals surface area (Å²) in [5, 5.41) is 4.32. The first-order valence-electron chi connectivity index (χ1n) is 9.43. The van der Waals surface area contributed by atoms with Gasteiger partial charge in [-0.2, -0.15) is 0 Å². The normalized spacial score (nSPS) is 21.7. The van der Waals surface area contributed by atoms with E-state index in [4.69, 9.17) is 0 Å². The van der Waals surface area contributed by atoms with Crippen molar-refractivity contribution in [3.63, 3.8) is 0 Å². The summed E-state index contributed by atoms with van der Waals surface area (Å²) in [5.74, 6) is 2.13. The number of nitrogens with zero attached hydrogens (tertiary/aromatic N) is 2. The smallest absolute Gasteiger partial charge is 0.254 e. The minimum atomic E-state index is 0.171. The number of para-hydroxylation sites is 2. The van der Waals surface area contributed by atoms with E-state index in [2.05, 4.69) is 21.4 Å². The van der Waals surface area contributed by atoms with E-state index in [-0.39, 0.29) is 5.91 Å². The molecule has 2 fully saturated rings. The molecule has 0 unspecified atom stereocenters. The van der Waals surface area contributed by atoms with E-state index in [0.29, 0.717) is 11.8 Å². The molecule has 0 bridgehead atoms. The lowest BCUT2D eigenvalue weighted by Crippen LogP contribution is -2.32. The van der Waals surface area contributed by atoms with Crippen LogP contribution in [0.15, 0.2) is 53.7 Å². The van der Waals surface area contributed by atoms with Crippen molar-refractivity contribution in [2.45, 2.75) is 10.9 Å². The van der Waals surface area contributed by atoms with E-state index in [1.165, 1.54) is 0 Å². The Morgan fingerprint density at radius 2 is 1.81 bits per heavy atom. The van der Waals surface area contributed by atoms with Crippen molar-refractivity contribution in [2.24, 2.45) is 11.8 Å². The van der Waals surface area contributed by atoms with Gasteiger partial charge in [0.15, 0.2) is 5.16 Å². The van der Waals surface area contributed by atoms with Crippen LogP contribution in [0, 0.1) is 11.8 Å². The number of hydrogen-bond donors (Lipinski definition) is 2. The van der Waals surface area contributed by atoms with Crippen LogP contribution in [-0.2, 0) is 5.75 Å². The molecule has 0 saturated carbocycles. The van der Waals surface area contributed by atoms with Crippen LogP contribution < -0.4 is 5.32 Å². The number of benzene rings is 2. The number of imidazole rings is 1. The van der Waals surface area contributed by atoms with Gasteiger partial charge in [0.25, 0.3) is 5.91 Å². The van der Waals surface area contributed by atoms with Gasteiger partial charge in [-0.3, -0.25) is 4.79 Å². The topological polar surface area (TPSA) is 61.0 Å². The van der Waals surface area contributed by atoms with Gasteiger partial charge in [-0.1, -0.05) is 42.1 Å². The number of H-pyrrole nitrogens is 1. The van der Waals surface area contributed by atoms with E-state index in [1.54, 1.807) is 11.8 Å². The monoisotopic (exact) mass is 378 g/mol. The summed E-state index contributed by atoms with van der Waals surface area (Å²) in [6.07, 6.45) is 0. The maximum absolute atomic E-state index is 13.1. The Morgan fingerprint density at radius 3 is 2.63 bits per heavy atom. The van der Waals surface area contributed by atoms with Crippen molar-refractivity contribution in [1.29, 1.82) is 0 Å². The number of nitrogens with one attached hydrogen (secondary N) is 2. The van der Waals surface area contributed by atoms with Crippen molar-refractivity contribution < 1.29 is 4.79 Å². The maximum atomic E-state index is 13.1. The molecule has 1 amide bonds. The van der Waals surface area contributed by atoms with E-state index >= 15 is 0 Å². The molecule has 0 aliphatic carbocycles. The molecule has 0 spiro atoms. The second-order valence-electron chi connectivity index (χ2n) is 7.39. The zero-order chi connectivity index (χ0) is 18.2. The lowest BCUT2D eigenvalue weighted by atomic mass is 10.0. The number of amides is 1. The Labute approximate surface area is 162 Å². The zero-order valence-electron chi connectivity index (χ0n) is 15.0. The molecule has 0 radical (unpaired) electrons. The number of carbonyl (C=O) groups is 1. The first kappa shape index (κ1) is 16.8. The molecule has 1 aromatic heterocycles. The van der Waals surface area contributed by atoms with Crippen LogP contribution in [0.5, 0.6) is 0 Å². The van der Waals surface area contributed by atoms with E-state index < -0.39 is 0 Å². The molecule has 2 aliphatic heterocycles. The summed E-state index contributed by atoms with van der Waals surface area (Å²) in [4.78, 5) is 23.1. The van der Waals surface area contributed by atoms with Crippen LogP contribution in [0.1, 0.15) is 15.9 Å². The predicted molar refractivity (Wildman–Crippen MR) is 108 cm³/mol. The predicted octanol–water partition coefficient (Wildman–Crippen LogP) is 3.15. The minimum absolute atomic E-state index is 0.171. The molecule has 2 N–H and O–H groups in total. The number of aromatic nitrogens is 2. The molecule has 2 saturated heterocycles. The van der Waals surface area contributed by atoms with Gasteiger partial charge in [0.05, 0.1) is 11.0 Å². The molecular formula is C21H22N4OS. The van der Waals surface area contributed by atoms with Crippen LogP contribution in [0.2, 0.25) is 0 Å². The van der Waals surface area contributed by atoms with Crippen molar-refractivity contribution in [1.82, 2.24) is 20.2 Å². The van der Waals surface area contributed by atoms with Gasteiger partial charge in [0.1, 0.15) is 0 Å². The highest BCUT2D eigenvalue weighted by Gasteiger charge is 2.38. The van der Waals surface area contributed by atoms with Gasteiger partial charge in [0, 0.05) is 37.5 Å². The first-order valence-corrected chi connectivity index (χ1v) is 10.4. The van der Waals surface area contributed by atoms with E-state index in [9.17, 15) is 4.79 Å². The van der Waals surface area contributed by atoms with Crippen LogP contribution in [0.25, 0.3) is 11.0 Å². The molecule has 3 aromatic rings. The Bertz CT molecular complexity index is 940. The lowest BCUT2D eigenvalue weighted by Gasteiger charge is -2.19. The van der Waals surface area contributed by atoms with Crippen molar-refractivity contribution in [2.75, 3.05) is 26.2 Å². The second kappa shape index (κ2) is 7.02. The molecule has 2 atom stereocenters. The molecule has 2 aliphatic rings. The highest BCUT2D eigenvalue weighted by molar-refractivity contribution is 7.98. The van der Waals surface area contributed by atoms with Crippen molar-refractivity contribution in [3.05, 3.63) is 59.7 Å². The fourth-order valence-corrected chi connectivity index (χ4v) is 5.08. The van der Waals surface area contributed by atoms with Gasteiger partial charge < -0.3 is 15.2 Å². The highest BCUT2D eigenvalue weighted by Crippen LogP contribution is 2.29. The quantitative estimate of drug-likeness (QED) is 0.685. The highest BCUT2D eigenvalue weighted by atomic mass is 32.2. The number of hydrogen-bond acceptors (Lipinski definition) is 4. The number of thioether (sulfide) groups is 1. The average molecular weight is 379 g/mol. The number of carbonyl (C=O) groups excluding carboxylic acids is 1. The van der Waals surface area contributed by atoms with Crippen LogP contribution in [0.3, 0.4) is 0 Å². The van der Waals surface area contributed by atoms with Gasteiger partial charge in [-0.05, 0) is 35.6 Å². The summed E-state index contributed by atoms with van der Waals surface area (Å²) >= 11 is 1.64.